The van der Waals surface area contributed by atoms with Gasteiger partial charge in [-0.05, 0) is 29.9 Å². The Labute approximate surface area is 118 Å². The van der Waals surface area contributed by atoms with Crippen molar-refractivity contribution in [1.82, 2.24) is 0 Å². The second-order valence-corrected chi connectivity index (χ2v) is 5.72. The second-order valence-electron chi connectivity index (χ2n) is 5.45. The van der Waals surface area contributed by atoms with Gasteiger partial charge in [0, 0.05) is 25.0 Å². The molecule has 1 aliphatic rings. The number of nitro groups is 1. The Kier molecular flexibility index (Phi) is 4.30. The molecule has 4 nitrogen and oxygen atoms in total. The first-order valence-electron chi connectivity index (χ1n) is 6.61. The lowest BCUT2D eigenvalue weighted by Crippen LogP contribution is -2.22. The predicted molar refractivity (Wildman–Crippen MR) is 77.8 cm³/mol. The van der Waals surface area contributed by atoms with Gasteiger partial charge in [-0.15, -0.1) is 11.6 Å². The average Bonchev–Trinajstić information content (AvgIpc) is 2.87. The van der Waals surface area contributed by atoms with E-state index in [1.807, 2.05) is 12.1 Å². The molecule has 2 rings (SSSR count). The first-order valence-corrected chi connectivity index (χ1v) is 7.14. The van der Waals surface area contributed by atoms with Crippen molar-refractivity contribution in [2.45, 2.75) is 26.1 Å². The van der Waals surface area contributed by atoms with E-state index in [0.29, 0.717) is 17.7 Å². The topological polar surface area (TPSA) is 46.4 Å². The summed E-state index contributed by atoms with van der Waals surface area (Å²) in [5.41, 5.74) is 1.68. The van der Waals surface area contributed by atoms with Crippen LogP contribution in [-0.4, -0.2) is 18.0 Å². The van der Waals surface area contributed by atoms with E-state index in [-0.39, 0.29) is 10.6 Å². The molecule has 1 heterocycles. The highest BCUT2D eigenvalue weighted by Crippen LogP contribution is 2.35. The van der Waals surface area contributed by atoms with Crippen LogP contribution in [0.15, 0.2) is 18.2 Å². The molecular weight excluding hydrogens is 264 g/mol. The summed E-state index contributed by atoms with van der Waals surface area (Å²) < 4.78 is 0. The van der Waals surface area contributed by atoms with Gasteiger partial charge in [0.2, 0.25) is 0 Å². The Bertz CT molecular complexity index is 477. The molecule has 0 amide bonds. The standard InChI is InChI=1S/C14H19ClN2O2/c1-10(2)12-5-6-16(9-12)13-4-3-11(8-15)7-14(13)17(18)19/h3-4,7,10,12H,5-6,8-9H2,1-2H3. The number of rotatable bonds is 4. The van der Waals surface area contributed by atoms with E-state index in [4.69, 9.17) is 11.6 Å². The number of nitro benzene ring substituents is 1. The minimum absolute atomic E-state index is 0.169. The summed E-state index contributed by atoms with van der Waals surface area (Å²) >= 11 is 5.74. The maximum atomic E-state index is 11.2. The monoisotopic (exact) mass is 282 g/mol. The molecule has 0 bridgehead atoms. The SMILES string of the molecule is CC(C)C1CCN(c2ccc(CCl)cc2[N+](=O)[O-])C1. The van der Waals surface area contributed by atoms with Gasteiger partial charge >= 0.3 is 0 Å². The minimum Gasteiger partial charge on any atom is -0.366 e. The molecule has 0 aromatic heterocycles. The number of hydrogen-bond donors (Lipinski definition) is 0. The Morgan fingerprint density at radius 1 is 1.53 bits per heavy atom. The van der Waals surface area contributed by atoms with Crippen LogP contribution in [0.1, 0.15) is 25.8 Å². The fourth-order valence-electron chi connectivity index (χ4n) is 2.62. The molecule has 0 spiro atoms. The zero-order valence-corrected chi connectivity index (χ0v) is 12.1. The van der Waals surface area contributed by atoms with Crippen molar-refractivity contribution in [3.63, 3.8) is 0 Å². The highest BCUT2D eigenvalue weighted by Gasteiger charge is 2.29. The van der Waals surface area contributed by atoms with Gasteiger partial charge < -0.3 is 4.90 Å². The first-order chi connectivity index (χ1) is 9.02. The van der Waals surface area contributed by atoms with Crippen molar-refractivity contribution in [3.05, 3.63) is 33.9 Å². The smallest absolute Gasteiger partial charge is 0.292 e. The minimum atomic E-state index is -0.311. The van der Waals surface area contributed by atoms with Crippen molar-refractivity contribution >= 4 is 23.0 Å². The van der Waals surface area contributed by atoms with Crippen molar-refractivity contribution in [3.8, 4) is 0 Å². The lowest BCUT2D eigenvalue weighted by molar-refractivity contribution is -0.384. The van der Waals surface area contributed by atoms with Crippen LogP contribution >= 0.6 is 11.6 Å². The van der Waals surface area contributed by atoms with Gasteiger partial charge in [0.25, 0.3) is 5.69 Å². The Hall–Kier alpha value is -1.29. The predicted octanol–water partition coefficient (Wildman–Crippen LogP) is 3.82. The van der Waals surface area contributed by atoms with E-state index in [9.17, 15) is 10.1 Å². The summed E-state index contributed by atoms with van der Waals surface area (Å²) in [5.74, 6) is 1.54. The van der Waals surface area contributed by atoms with Crippen LogP contribution in [0.2, 0.25) is 0 Å². The van der Waals surface area contributed by atoms with Gasteiger partial charge in [-0.25, -0.2) is 0 Å². The van der Waals surface area contributed by atoms with E-state index in [2.05, 4.69) is 18.7 Å². The second kappa shape index (κ2) is 5.78. The Morgan fingerprint density at radius 2 is 2.26 bits per heavy atom. The Morgan fingerprint density at radius 3 is 2.79 bits per heavy atom. The summed E-state index contributed by atoms with van der Waals surface area (Å²) in [5, 5.41) is 11.2. The molecule has 1 saturated heterocycles. The lowest BCUT2D eigenvalue weighted by Gasteiger charge is -2.20. The van der Waals surface area contributed by atoms with E-state index >= 15 is 0 Å². The normalized spacial score (nSPS) is 19.2. The fraction of sp³-hybridized carbons (Fsp3) is 0.571. The number of nitrogens with zero attached hydrogens (tertiary/aromatic N) is 2. The van der Waals surface area contributed by atoms with Crippen LogP contribution in [0.25, 0.3) is 0 Å². The molecule has 0 N–H and O–H groups in total. The first kappa shape index (κ1) is 14.1. The average molecular weight is 283 g/mol. The summed E-state index contributed by atoms with van der Waals surface area (Å²) in [6, 6.07) is 5.29. The van der Waals surface area contributed by atoms with Crippen LogP contribution in [-0.2, 0) is 5.88 Å². The molecule has 19 heavy (non-hydrogen) atoms. The molecule has 1 unspecified atom stereocenters. The number of alkyl halides is 1. The van der Waals surface area contributed by atoms with Gasteiger partial charge in [0.1, 0.15) is 5.69 Å². The van der Waals surface area contributed by atoms with Gasteiger partial charge in [-0.3, -0.25) is 10.1 Å². The van der Waals surface area contributed by atoms with Gasteiger partial charge in [0.05, 0.1) is 4.92 Å². The van der Waals surface area contributed by atoms with Crippen LogP contribution in [0.4, 0.5) is 11.4 Å². The van der Waals surface area contributed by atoms with E-state index in [0.717, 1.165) is 30.8 Å². The van der Waals surface area contributed by atoms with Crippen molar-refractivity contribution in [2.24, 2.45) is 11.8 Å². The molecule has 104 valence electrons. The fourth-order valence-corrected chi connectivity index (χ4v) is 2.78. The molecule has 1 aliphatic heterocycles. The summed E-state index contributed by atoms with van der Waals surface area (Å²) in [7, 11) is 0. The molecule has 5 heteroatoms. The summed E-state index contributed by atoms with van der Waals surface area (Å²) in [6.45, 7) is 6.21. The molecule has 0 radical (unpaired) electrons. The molecule has 0 aliphatic carbocycles. The van der Waals surface area contributed by atoms with Crippen LogP contribution in [0.5, 0.6) is 0 Å². The van der Waals surface area contributed by atoms with Crippen LogP contribution in [0.3, 0.4) is 0 Å². The van der Waals surface area contributed by atoms with E-state index in [1.165, 1.54) is 0 Å². The molecule has 1 aromatic rings. The largest absolute Gasteiger partial charge is 0.366 e. The van der Waals surface area contributed by atoms with Crippen LogP contribution < -0.4 is 4.90 Å². The number of anilines is 1. The van der Waals surface area contributed by atoms with Crippen molar-refractivity contribution < 1.29 is 4.92 Å². The number of halogens is 1. The highest BCUT2D eigenvalue weighted by atomic mass is 35.5. The maximum absolute atomic E-state index is 11.2. The zero-order valence-electron chi connectivity index (χ0n) is 11.3. The highest BCUT2D eigenvalue weighted by molar-refractivity contribution is 6.17. The molecule has 1 fully saturated rings. The lowest BCUT2D eigenvalue weighted by atomic mass is 9.95. The third-order valence-electron chi connectivity index (χ3n) is 3.90. The van der Waals surface area contributed by atoms with E-state index in [1.54, 1.807) is 6.07 Å². The third-order valence-corrected chi connectivity index (χ3v) is 4.21. The third kappa shape index (κ3) is 3.00. The van der Waals surface area contributed by atoms with Crippen molar-refractivity contribution in [2.75, 3.05) is 18.0 Å². The van der Waals surface area contributed by atoms with Gasteiger partial charge in [-0.1, -0.05) is 19.9 Å². The molecule has 1 atom stereocenters. The summed E-state index contributed by atoms with van der Waals surface area (Å²) in [6.07, 6.45) is 1.10. The number of hydrogen-bond acceptors (Lipinski definition) is 3. The van der Waals surface area contributed by atoms with E-state index < -0.39 is 0 Å². The van der Waals surface area contributed by atoms with Gasteiger partial charge in [0.15, 0.2) is 0 Å². The maximum Gasteiger partial charge on any atom is 0.292 e. The van der Waals surface area contributed by atoms with Crippen LogP contribution in [0, 0.1) is 22.0 Å². The quantitative estimate of drug-likeness (QED) is 0.479. The summed E-state index contributed by atoms with van der Waals surface area (Å²) in [4.78, 5) is 13.0. The number of benzene rings is 1. The molecular formula is C14H19ClN2O2. The molecule has 0 saturated carbocycles. The zero-order chi connectivity index (χ0) is 14.0. The Balaban J connectivity index is 2.27. The van der Waals surface area contributed by atoms with Crippen molar-refractivity contribution in [1.29, 1.82) is 0 Å². The van der Waals surface area contributed by atoms with Gasteiger partial charge in [-0.2, -0.15) is 0 Å². The molecule has 1 aromatic carbocycles.